The van der Waals surface area contributed by atoms with Crippen LogP contribution in [-0.4, -0.2) is 61.7 Å². The SMILES string of the molecule is CCCOc1ccc(C2c3c(oc4c(ccc5ccccc54)c3=O)C(=O)N2CCCN2CCOCC2)cc1. The quantitative estimate of drug-likeness (QED) is 0.309. The van der Waals surface area contributed by atoms with Crippen molar-refractivity contribution in [3.8, 4) is 5.75 Å². The van der Waals surface area contributed by atoms with Gasteiger partial charge in [-0.15, -0.1) is 0 Å². The van der Waals surface area contributed by atoms with Crippen molar-refractivity contribution in [3.63, 3.8) is 0 Å². The van der Waals surface area contributed by atoms with E-state index >= 15 is 0 Å². The molecule has 0 spiro atoms. The molecule has 2 aliphatic rings. The number of morpholine rings is 1. The van der Waals surface area contributed by atoms with Crippen LogP contribution in [0.3, 0.4) is 0 Å². The van der Waals surface area contributed by atoms with E-state index in [1.807, 2.05) is 60.7 Å². The summed E-state index contributed by atoms with van der Waals surface area (Å²) in [5.41, 5.74) is 1.62. The topological polar surface area (TPSA) is 72.2 Å². The fourth-order valence-electron chi connectivity index (χ4n) is 5.58. The zero-order chi connectivity index (χ0) is 26.1. The van der Waals surface area contributed by atoms with Crippen molar-refractivity contribution in [3.05, 3.63) is 87.8 Å². The molecule has 0 bridgehead atoms. The maximum absolute atomic E-state index is 14.0. The Balaban J connectivity index is 1.41. The van der Waals surface area contributed by atoms with Crippen molar-refractivity contribution in [1.82, 2.24) is 9.80 Å². The van der Waals surface area contributed by atoms with Gasteiger partial charge in [-0.05, 0) is 42.0 Å². The molecule has 1 aromatic heterocycles. The molecule has 1 saturated heterocycles. The van der Waals surface area contributed by atoms with Gasteiger partial charge in [0.15, 0.2) is 5.43 Å². The van der Waals surface area contributed by atoms with Crippen LogP contribution < -0.4 is 10.2 Å². The molecular formula is C31H32N2O5. The maximum Gasteiger partial charge on any atom is 0.290 e. The summed E-state index contributed by atoms with van der Waals surface area (Å²) >= 11 is 0. The summed E-state index contributed by atoms with van der Waals surface area (Å²) in [5.74, 6) is 0.697. The summed E-state index contributed by atoms with van der Waals surface area (Å²) in [6, 6.07) is 18.8. The van der Waals surface area contributed by atoms with E-state index in [1.54, 1.807) is 4.90 Å². The maximum atomic E-state index is 14.0. The minimum absolute atomic E-state index is 0.146. The Kier molecular flexibility index (Phi) is 6.87. The minimum atomic E-state index is -0.505. The van der Waals surface area contributed by atoms with Gasteiger partial charge in [0.05, 0.1) is 36.8 Å². The number of benzene rings is 3. The summed E-state index contributed by atoms with van der Waals surface area (Å²) in [4.78, 5) is 32.0. The predicted octanol–water partition coefficient (Wildman–Crippen LogP) is 5.00. The monoisotopic (exact) mass is 512 g/mol. The second-order valence-corrected chi connectivity index (χ2v) is 9.96. The molecule has 6 rings (SSSR count). The summed E-state index contributed by atoms with van der Waals surface area (Å²) in [7, 11) is 0. The van der Waals surface area contributed by atoms with Crippen molar-refractivity contribution < 1.29 is 18.7 Å². The van der Waals surface area contributed by atoms with Gasteiger partial charge in [0.1, 0.15) is 11.3 Å². The number of amides is 1. The highest BCUT2D eigenvalue weighted by Crippen LogP contribution is 2.39. The molecule has 1 atom stereocenters. The van der Waals surface area contributed by atoms with E-state index in [1.165, 1.54) is 0 Å². The van der Waals surface area contributed by atoms with Crippen LogP contribution >= 0.6 is 0 Å². The van der Waals surface area contributed by atoms with Crippen LogP contribution in [0.25, 0.3) is 21.7 Å². The number of fused-ring (bicyclic) bond motifs is 4. The molecule has 3 aromatic carbocycles. The highest BCUT2D eigenvalue weighted by molar-refractivity contribution is 6.06. The Bertz CT molecular complexity index is 1520. The summed E-state index contributed by atoms with van der Waals surface area (Å²) in [6.07, 6.45) is 1.72. The Hall–Kier alpha value is -3.68. The minimum Gasteiger partial charge on any atom is -0.494 e. The van der Waals surface area contributed by atoms with E-state index in [2.05, 4.69) is 11.8 Å². The van der Waals surface area contributed by atoms with Gasteiger partial charge in [-0.25, -0.2) is 0 Å². The van der Waals surface area contributed by atoms with E-state index in [9.17, 15) is 9.59 Å². The molecular weight excluding hydrogens is 480 g/mol. The lowest BCUT2D eigenvalue weighted by molar-refractivity contribution is 0.0353. The summed E-state index contributed by atoms with van der Waals surface area (Å²) in [6.45, 7) is 7.37. The third kappa shape index (κ3) is 4.46. The van der Waals surface area contributed by atoms with Crippen LogP contribution in [0.15, 0.2) is 69.9 Å². The number of hydrogen-bond donors (Lipinski definition) is 0. The molecule has 0 aliphatic carbocycles. The first-order chi connectivity index (χ1) is 18.7. The first-order valence-corrected chi connectivity index (χ1v) is 13.5. The number of rotatable bonds is 8. The first kappa shape index (κ1) is 24.6. The van der Waals surface area contributed by atoms with E-state index in [4.69, 9.17) is 13.9 Å². The second kappa shape index (κ2) is 10.6. The molecule has 7 nitrogen and oxygen atoms in total. The molecule has 1 fully saturated rings. The largest absolute Gasteiger partial charge is 0.494 e. The Morgan fingerprint density at radius 1 is 0.921 bits per heavy atom. The molecule has 4 aromatic rings. The number of carbonyl (C=O) groups excluding carboxylic acids is 1. The van der Waals surface area contributed by atoms with Crippen LogP contribution in [0, 0.1) is 0 Å². The molecule has 3 heterocycles. The van der Waals surface area contributed by atoms with Gasteiger partial charge in [-0.2, -0.15) is 0 Å². The van der Waals surface area contributed by atoms with Gasteiger partial charge in [0, 0.05) is 31.6 Å². The number of ether oxygens (including phenoxy) is 2. The average Bonchev–Trinajstić information content (AvgIpc) is 3.24. The number of carbonyl (C=O) groups is 1. The molecule has 1 unspecified atom stereocenters. The number of nitrogens with zero attached hydrogens (tertiary/aromatic N) is 2. The summed E-state index contributed by atoms with van der Waals surface area (Å²) < 4.78 is 17.6. The zero-order valence-corrected chi connectivity index (χ0v) is 21.7. The Morgan fingerprint density at radius 2 is 1.71 bits per heavy atom. The van der Waals surface area contributed by atoms with Crippen LogP contribution in [0.1, 0.15) is 47.5 Å². The molecule has 2 aliphatic heterocycles. The highest BCUT2D eigenvalue weighted by atomic mass is 16.5. The van der Waals surface area contributed by atoms with Gasteiger partial charge >= 0.3 is 0 Å². The van der Waals surface area contributed by atoms with E-state index in [0.717, 1.165) is 67.8 Å². The highest BCUT2D eigenvalue weighted by Gasteiger charge is 2.42. The lowest BCUT2D eigenvalue weighted by Crippen LogP contribution is -2.38. The molecule has 1 amide bonds. The lowest BCUT2D eigenvalue weighted by atomic mass is 9.97. The summed E-state index contributed by atoms with van der Waals surface area (Å²) in [5, 5.41) is 2.30. The van der Waals surface area contributed by atoms with E-state index in [-0.39, 0.29) is 17.1 Å². The Labute approximate surface area is 221 Å². The van der Waals surface area contributed by atoms with Crippen LogP contribution in [0.4, 0.5) is 0 Å². The van der Waals surface area contributed by atoms with Crippen molar-refractivity contribution >= 4 is 27.6 Å². The second-order valence-electron chi connectivity index (χ2n) is 9.96. The standard InChI is InChI=1S/C31H32N2O5/c1-2-18-37-23-11-8-22(9-12-23)27-26-28(34)25-13-10-21-6-3-4-7-24(21)29(25)38-30(26)31(35)33(27)15-5-14-32-16-19-36-20-17-32/h3-4,6-13,27H,2,5,14-20H2,1H3. The molecule has 0 radical (unpaired) electrons. The van der Waals surface area contributed by atoms with Crippen LogP contribution in [-0.2, 0) is 4.74 Å². The third-order valence-electron chi connectivity index (χ3n) is 7.50. The fraction of sp³-hybridized carbons (Fsp3) is 0.355. The van der Waals surface area contributed by atoms with Gasteiger partial charge in [-0.3, -0.25) is 14.5 Å². The van der Waals surface area contributed by atoms with E-state index in [0.29, 0.717) is 29.7 Å². The predicted molar refractivity (Wildman–Crippen MR) is 147 cm³/mol. The van der Waals surface area contributed by atoms with E-state index < -0.39 is 6.04 Å². The molecule has 0 saturated carbocycles. The molecule has 196 valence electrons. The fourth-order valence-corrected chi connectivity index (χ4v) is 5.58. The van der Waals surface area contributed by atoms with Gasteiger partial charge in [0.25, 0.3) is 5.91 Å². The van der Waals surface area contributed by atoms with Crippen LogP contribution in [0.2, 0.25) is 0 Å². The average molecular weight is 513 g/mol. The third-order valence-corrected chi connectivity index (χ3v) is 7.50. The van der Waals surface area contributed by atoms with Crippen LogP contribution in [0.5, 0.6) is 5.75 Å². The molecule has 38 heavy (non-hydrogen) atoms. The van der Waals surface area contributed by atoms with Crippen molar-refractivity contribution in [2.75, 3.05) is 46.0 Å². The lowest BCUT2D eigenvalue weighted by Gasteiger charge is -2.29. The van der Waals surface area contributed by atoms with Crippen molar-refractivity contribution in [2.24, 2.45) is 0 Å². The van der Waals surface area contributed by atoms with Gasteiger partial charge in [-0.1, -0.05) is 49.4 Å². The number of hydrogen-bond acceptors (Lipinski definition) is 6. The molecule has 0 N–H and O–H groups in total. The normalized spacial score (nSPS) is 17.9. The zero-order valence-electron chi connectivity index (χ0n) is 21.7. The Morgan fingerprint density at radius 3 is 2.50 bits per heavy atom. The smallest absolute Gasteiger partial charge is 0.290 e. The van der Waals surface area contributed by atoms with Gasteiger partial charge < -0.3 is 18.8 Å². The van der Waals surface area contributed by atoms with Crippen molar-refractivity contribution in [1.29, 1.82) is 0 Å². The van der Waals surface area contributed by atoms with Crippen molar-refractivity contribution in [2.45, 2.75) is 25.8 Å². The first-order valence-electron chi connectivity index (χ1n) is 13.5. The van der Waals surface area contributed by atoms with Gasteiger partial charge in [0.2, 0.25) is 5.76 Å². The molecule has 7 heteroatoms.